The zero-order valence-electron chi connectivity index (χ0n) is 10.8. The molecule has 0 heterocycles. The number of rotatable bonds is 7. The molecule has 0 atom stereocenters. The van der Waals surface area contributed by atoms with E-state index >= 15 is 0 Å². The summed E-state index contributed by atoms with van der Waals surface area (Å²) in [7, 11) is -1.16. The lowest BCUT2D eigenvalue weighted by atomic mass is 10.5. The molecule has 0 rings (SSSR count). The van der Waals surface area contributed by atoms with Gasteiger partial charge >= 0.3 is 8.80 Å². The first kappa shape index (κ1) is 19.3. The van der Waals surface area contributed by atoms with Crippen molar-refractivity contribution in [1.82, 2.24) is 0 Å². The average molecular weight is 289 g/mol. The Hall–Kier alpha value is -0.0331. The predicted molar refractivity (Wildman–Crippen MR) is 67.3 cm³/mol. The van der Waals surface area contributed by atoms with Gasteiger partial charge in [-0.05, 0) is 19.9 Å². The van der Waals surface area contributed by atoms with Crippen LogP contribution in [-0.2, 0) is 23.4 Å². The number of nitrogens with two attached hydrogens (primary N) is 1. The van der Waals surface area contributed by atoms with Crippen molar-refractivity contribution in [3.63, 3.8) is 0 Å². The lowest BCUT2D eigenvalue weighted by molar-refractivity contribution is 0.123. The molecule has 0 unspecified atom stereocenters. The summed E-state index contributed by atoms with van der Waals surface area (Å²) in [5, 5.41) is 0. The minimum atomic E-state index is -3.66. The molecule has 0 aromatic carbocycles. The molecule has 0 fully saturated rings. The molecule has 7 nitrogen and oxygen atoms in total. The Morgan fingerprint density at radius 1 is 1.18 bits per heavy atom. The largest absolute Gasteiger partial charge is 0.500 e. The maximum absolute atomic E-state index is 9.56. The summed E-state index contributed by atoms with van der Waals surface area (Å²) in [6, 6.07) is 0.785. The molecule has 106 valence electrons. The van der Waals surface area contributed by atoms with Crippen molar-refractivity contribution in [2.75, 3.05) is 33.6 Å². The van der Waals surface area contributed by atoms with E-state index in [1.807, 2.05) is 0 Å². The zero-order valence-corrected chi connectivity index (χ0v) is 12.6. The molecule has 0 saturated heterocycles. The van der Waals surface area contributed by atoms with E-state index in [-0.39, 0.29) is 5.75 Å². The Bertz CT molecular complexity index is 259. The van der Waals surface area contributed by atoms with Crippen molar-refractivity contribution >= 4 is 18.9 Å². The first-order valence-electron chi connectivity index (χ1n) is 5.11. The summed E-state index contributed by atoms with van der Waals surface area (Å²) < 4.78 is 42.4. The van der Waals surface area contributed by atoms with Crippen LogP contribution < -0.4 is 5.73 Å². The van der Waals surface area contributed by atoms with E-state index in [9.17, 15) is 8.42 Å². The van der Waals surface area contributed by atoms with Gasteiger partial charge in [0, 0.05) is 27.4 Å². The van der Waals surface area contributed by atoms with Gasteiger partial charge in [-0.2, -0.15) is 8.42 Å². The highest BCUT2D eigenvalue weighted by molar-refractivity contribution is 7.85. The molecule has 0 radical (unpaired) electrons. The summed E-state index contributed by atoms with van der Waals surface area (Å²) in [5.74, 6) is -0.201. The Balaban J connectivity index is 0. The predicted octanol–water partition coefficient (Wildman–Crippen LogP) is 0.107. The normalized spacial score (nSPS) is 11.9. The number of hydrogen-bond donors (Lipinski definition) is 2. The van der Waals surface area contributed by atoms with E-state index in [1.54, 1.807) is 21.3 Å². The van der Waals surface area contributed by atoms with E-state index in [0.29, 0.717) is 6.54 Å². The SMILES string of the molecule is CCS(=O)(=O)O.CO[Si](CCCN)(OC)OC. The van der Waals surface area contributed by atoms with Gasteiger partial charge in [0.15, 0.2) is 0 Å². The van der Waals surface area contributed by atoms with Crippen LogP contribution in [0.15, 0.2) is 0 Å². The van der Waals surface area contributed by atoms with Crippen LogP contribution in [0.3, 0.4) is 0 Å². The minimum Gasteiger partial charge on any atom is -0.377 e. The van der Waals surface area contributed by atoms with E-state index in [2.05, 4.69) is 0 Å². The van der Waals surface area contributed by atoms with Gasteiger partial charge in [0.25, 0.3) is 10.1 Å². The van der Waals surface area contributed by atoms with Crippen LogP contribution in [0.4, 0.5) is 0 Å². The molecule has 0 aliphatic heterocycles. The average Bonchev–Trinajstić information content (AvgIpc) is 2.32. The first-order valence-corrected chi connectivity index (χ1v) is 8.65. The second-order valence-electron chi connectivity index (χ2n) is 3.06. The maximum Gasteiger partial charge on any atom is 0.500 e. The van der Waals surface area contributed by atoms with Gasteiger partial charge in [-0.15, -0.1) is 0 Å². The third kappa shape index (κ3) is 10.8. The standard InChI is InChI=1S/C6H17NO3Si.C2H6O3S/c1-8-11(9-2,10-3)6-4-5-7;1-2-6(3,4)5/h4-7H2,1-3H3;2H2,1H3,(H,3,4,5). The van der Waals surface area contributed by atoms with Crippen molar-refractivity contribution in [3.8, 4) is 0 Å². The highest BCUT2D eigenvalue weighted by atomic mass is 32.2. The second-order valence-corrected chi connectivity index (χ2v) is 7.89. The van der Waals surface area contributed by atoms with Crippen molar-refractivity contribution < 1.29 is 26.2 Å². The smallest absolute Gasteiger partial charge is 0.377 e. The van der Waals surface area contributed by atoms with Crippen LogP contribution in [0, 0.1) is 0 Å². The summed E-state index contributed by atoms with van der Waals surface area (Å²) in [6.45, 7) is 2.01. The third-order valence-corrected chi connectivity index (χ3v) is 5.55. The molecule has 9 heteroatoms. The van der Waals surface area contributed by atoms with Gasteiger partial charge in [0.2, 0.25) is 0 Å². The fraction of sp³-hybridized carbons (Fsp3) is 1.00. The molecule has 0 bridgehead atoms. The molecule has 0 spiro atoms. The van der Waals surface area contributed by atoms with Crippen molar-refractivity contribution in [1.29, 1.82) is 0 Å². The lowest BCUT2D eigenvalue weighted by Crippen LogP contribution is -2.42. The van der Waals surface area contributed by atoms with E-state index in [4.69, 9.17) is 23.6 Å². The van der Waals surface area contributed by atoms with Gasteiger partial charge in [-0.1, -0.05) is 0 Å². The van der Waals surface area contributed by atoms with Crippen LogP contribution >= 0.6 is 0 Å². The summed E-state index contributed by atoms with van der Waals surface area (Å²) in [4.78, 5) is 0. The third-order valence-electron chi connectivity index (χ3n) is 1.98. The highest BCUT2D eigenvalue weighted by Gasteiger charge is 2.36. The Morgan fingerprint density at radius 3 is 1.71 bits per heavy atom. The fourth-order valence-corrected chi connectivity index (χ4v) is 2.62. The van der Waals surface area contributed by atoms with Gasteiger partial charge in [-0.25, -0.2) is 0 Å². The molecule has 0 aromatic heterocycles. The number of hydrogen-bond acceptors (Lipinski definition) is 6. The van der Waals surface area contributed by atoms with Crippen LogP contribution in [0.25, 0.3) is 0 Å². The minimum absolute atomic E-state index is 0.201. The fourth-order valence-electron chi connectivity index (χ4n) is 0.875. The molecule has 0 aromatic rings. The molecule has 3 N–H and O–H groups in total. The monoisotopic (exact) mass is 289 g/mol. The Kier molecular flexibility index (Phi) is 11.3. The van der Waals surface area contributed by atoms with Crippen LogP contribution in [0.2, 0.25) is 6.04 Å². The van der Waals surface area contributed by atoms with Crippen LogP contribution in [0.1, 0.15) is 13.3 Å². The van der Waals surface area contributed by atoms with Crippen molar-refractivity contribution in [2.45, 2.75) is 19.4 Å². The Morgan fingerprint density at radius 2 is 1.53 bits per heavy atom. The highest BCUT2D eigenvalue weighted by Crippen LogP contribution is 2.13. The molecular weight excluding hydrogens is 266 g/mol. The van der Waals surface area contributed by atoms with Crippen molar-refractivity contribution in [2.24, 2.45) is 5.73 Å². The van der Waals surface area contributed by atoms with Gasteiger partial charge < -0.3 is 19.0 Å². The molecule has 0 saturated carbocycles. The van der Waals surface area contributed by atoms with Crippen LogP contribution in [0.5, 0.6) is 0 Å². The van der Waals surface area contributed by atoms with E-state index < -0.39 is 18.9 Å². The molecule has 0 aliphatic carbocycles. The molecule has 0 aliphatic rings. The molecule has 17 heavy (non-hydrogen) atoms. The molecular formula is C8H23NO6SSi. The zero-order chi connectivity index (χ0) is 13.9. The van der Waals surface area contributed by atoms with Crippen LogP contribution in [-0.4, -0.2) is 55.4 Å². The van der Waals surface area contributed by atoms with E-state index in [1.165, 1.54) is 6.92 Å². The molecule has 0 amide bonds. The Labute approximate surface area is 104 Å². The second kappa shape index (κ2) is 9.94. The summed E-state index contributed by atoms with van der Waals surface area (Å²) in [5.41, 5.74) is 5.36. The summed E-state index contributed by atoms with van der Waals surface area (Å²) in [6.07, 6.45) is 0.877. The van der Waals surface area contributed by atoms with E-state index in [0.717, 1.165) is 12.5 Å². The van der Waals surface area contributed by atoms with Gasteiger partial charge in [-0.3, -0.25) is 4.55 Å². The quantitative estimate of drug-likeness (QED) is 0.505. The maximum atomic E-state index is 9.56. The van der Waals surface area contributed by atoms with Gasteiger partial charge in [0.05, 0.1) is 5.75 Å². The van der Waals surface area contributed by atoms with Crippen molar-refractivity contribution in [3.05, 3.63) is 0 Å². The first-order chi connectivity index (χ1) is 7.80. The topological polar surface area (TPSA) is 108 Å². The lowest BCUT2D eigenvalue weighted by Gasteiger charge is -2.23. The van der Waals surface area contributed by atoms with Gasteiger partial charge in [0.1, 0.15) is 0 Å². The summed E-state index contributed by atoms with van der Waals surface area (Å²) >= 11 is 0.